The molecule has 1 rings (SSSR count). The Morgan fingerprint density at radius 2 is 2.33 bits per heavy atom. The van der Waals surface area contributed by atoms with E-state index in [4.69, 9.17) is 5.11 Å². The van der Waals surface area contributed by atoms with Gasteiger partial charge in [0.15, 0.2) is 0 Å². The zero-order valence-electron chi connectivity index (χ0n) is 6.81. The van der Waals surface area contributed by atoms with Gasteiger partial charge in [0.25, 0.3) is 5.82 Å². The van der Waals surface area contributed by atoms with Crippen LogP contribution < -0.4 is 0 Å². The fraction of sp³-hybridized carbons (Fsp3) is 0.500. The SMILES string of the molecule is CN(C)Cc1nc(C(=O)O)no1. The van der Waals surface area contributed by atoms with Crippen LogP contribution in [0.3, 0.4) is 0 Å². The quantitative estimate of drug-likeness (QED) is 0.680. The molecule has 1 N–H and O–H groups in total. The molecule has 0 aliphatic heterocycles. The first-order valence-electron chi connectivity index (χ1n) is 3.30. The monoisotopic (exact) mass is 171 g/mol. The van der Waals surface area contributed by atoms with Crippen molar-refractivity contribution in [3.05, 3.63) is 11.7 Å². The van der Waals surface area contributed by atoms with Gasteiger partial charge < -0.3 is 14.5 Å². The van der Waals surface area contributed by atoms with Crippen LogP contribution in [0.4, 0.5) is 0 Å². The van der Waals surface area contributed by atoms with Crippen LogP contribution in [0.15, 0.2) is 4.52 Å². The van der Waals surface area contributed by atoms with Gasteiger partial charge in [-0.15, -0.1) is 0 Å². The summed E-state index contributed by atoms with van der Waals surface area (Å²) in [7, 11) is 3.65. The van der Waals surface area contributed by atoms with E-state index in [1.165, 1.54) is 0 Å². The van der Waals surface area contributed by atoms with Crippen LogP contribution in [0.1, 0.15) is 16.5 Å². The van der Waals surface area contributed by atoms with Gasteiger partial charge in [0.05, 0.1) is 6.54 Å². The second-order valence-corrected chi connectivity index (χ2v) is 2.55. The van der Waals surface area contributed by atoms with Gasteiger partial charge in [-0.2, -0.15) is 4.98 Å². The lowest BCUT2D eigenvalue weighted by Crippen LogP contribution is -2.11. The molecule has 0 atom stereocenters. The van der Waals surface area contributed by atoms with E-state index in [1.54, 1.807) is 4.90 Å². The Morgan fingerprint density at radius 1 is 1.67 bits per heavy atom. The number of aromatic nitrogens is 2. The number of hydrogen-bond acceptors (Lipinski definition) is 5. The molecule has 0 spiro atoms. The van der Waals surface area contributed by atoms with Crippen LogP contribution in [0.5, 0.6) is 0 Å². The molecule has 0 saturated carbocycles. The number of nitrogens with zero attached hydrogens (tertiary/aromatic N) is 3. The van der Waals surface area contributed by atoms with Gasteiger partial charge in [-0.25, -0.2) is 4.79 Å². The minimum atomic E-state index is -1.18. The fourth-order valence-electron chi connectivity index (χ4n) is 0.676. The number of aromatic carboxylic acids is 1. The Morgan fingerprint density at radius 3 is 2.75 bits per heavy atom. The Hall–Kier alpha value is -1.43. The van der Waals surface area contributed by atoms with E-state index in [2.05, 4.69) is 14.7 Å². The van der Waals surface area contributed by atoms with Crippen molar-refractivity contribution in [2.24, 2.45) is 0 Å². The Kier molecular flexibility index (Phi) is 2.39. The van der Waals surface area contributed by atoms with E-state index in [-0.39, 0.29) is 5.82 Å². The Balaban J connectivity index is 2.71. The highest BCUT2D eigenvalue weighted by Crippen LogP contribution is 1.98. The topological polar surface area (TPSA) is 79.5 Å². The maximum Gasteiger partial charge on any atom is 0.377 e. The highest BCUT2D eigenvalue weighted by Gasteiger charge is 2.12. The summed E-state index contributed by atoms with van der Waals surface area (Å²) in [5, 5.41) is 11.7. The van der Waals surface area contributed by atoms with Gasteiger partial charge in [0, 0.05) is 0 Å². The minimum Gasteiger partial charge on any atom is -0.475 e. The maximum absolute atomic E-state index is 10.3. The van der Waals surface area contributed by atoms with Gasteiger partial charge in [-0.1, -0.05) is 0 Å². The van der Waals surface area contributed by atoms with Crippen molar-refractivity contribution in [1.82, 2.24) is 15.0 Å². The molecule has 0 fully saturated rings. The van der Waals surface area contributed by atoms with Crippen LogP contribution >= 0.6 is 0 Å². The molecular weight excluding hydrogens is 162 g/mol. The van der Waals surface area contributed by atoms with Gasteiger partial charge in [0.2, 0.25) is 5.89 Å². The summed E-state index contributed by atoms with van der Waals surface area (Å²) >= 11 is 0. The lowest BCUT2D eigenvalue weighted by Gasteiger charge is -2.02. The zero-order valence-corrected chi connectivity index (χ0v) is 6.81. The van der Waals surface area contributed by atoms with Crippen LogP contribution in [-0.4, -0.2) is 40.2 Å². The molecule has 0 saturated heterocycles. The van der Waals surface area contributed by atoms with Crippen molar-refractivity contribution >= 4 is 5.97 Å². The third-order valence-electron chi connectivity index (χ3n) is 1.11. The highest BCUT2D eigenvalue weighted by atomic mass is 16.5. The van der Waals surface area contributed by atoms with Crippen LogP contribution in [0, 0.1) is 0 Å². The first kappa shape index (κ1) is 8.66. The fourth-order valence-corrected chi connectivity index (χ4v) is 0.676. The second kappa shape index (κ2) is 3.31. The van der Waals surface area contributed by atoms with Crippen molar-refractivity contribution in [2.75, 3.05) is 14.1 Å². The third kappa shape index (κ3) is 2.03. The van der Waals surface area contributed by atoms with Gasteiger partial charge in [-0.3, -0.25) is 0 Å². The Labute approximate surface area is 68.8 Å². The first-order valence-corrected chi connectivity index (χ1v) is 3.30. The largest absolute Gasteiger partial charge is 0.475 e. The molecule has 6 heteroatoms. The lowest BCUT2D eigenvalue weighted by molar-refractivity contribution is 0.0680. The molecule has 0 unspecified atom stereocenters. The molecule has 66 valence electrons. The second-order valence-electron chi connectivity index (χ2n) is 2.55. The molecule has 0 bridgehead atoms. The van der Waals surface area contributed by atoms with Crippen molar-refractivity contribution < 1.29 is 14.4 Å². The predicted octanol–water partition coefficient (Wildman–Crippen LogP) is -0.171. The average Bonchev–Trinajstić information content (AvgIpc) is 2.34. The van der Waals surface area contributed by atoms with Crippen LogP contribution in [0.2, 0.25) is 0 Å². The Bertz CT molecular complexity index is 281. The van der Waals surface area contributed by atoms with Gasteiger partial charge >= 0.3 is 5.97 Å². The summed E-state index contributed by atoms with van der Waals surface area (Å²) < 4.78 is 4.65. The summed E-state index contributed by atoms with van der Waals surface area (Å²) in [5.41, 5.74) is 0. The lowest BCUT2D eigenvalue weighted by atomic mass is 10.6. The zero-order chi connectivity index (χ0) is 9.14. The van der Waals surface area contributed by atoms with E-state index in [0.717, 1.165) is 0 Å². The molecule has 0 aromatic carbocycles. The molecule has 0 radical (unpaired) electrons. The predicted molar refractivity (Wildman–Crippen MR) is 38.6 cm³/mol. The summed E-state index contributed by atoms with van der Waals surface area (Å²) in [6.45, 7) is 0.445. The van der Waals surface area contributed by atoms with Gasteiger partial charge in [0.1, 0.15) is 0 Å². The average molecular weight is 171 g/mol. The normalized spacial score (nSPS) is 10.6. The van der Waals surface area contributed by atoms with Crippen LogP contribution in [0.25, 0.3) is 0 Å². The van der Waals surface area contributed by atoms with E-state index in [9.17, 15) is 4.79 Å². The smallest absolute Gasteiger partial charge is 0.377 e. The summed E-state index contributed by atoms with van der Waals surface area (Å²) in [6.07, 6.45) is 0. The van der Waals surface area contributed by atoms with E-state index >= 15 is 0 Å². The van der Waals surface area contributed by atoms with E-state index < -0.39 is 5.97 Å². The molecule has 12 heavy (non-hydrogen) atoms. The standard InChI is InChI=1S/C6H9N3O3/c1-9(2)3-4-7-5(6(10)11)8-12-4/h3H2,1-2H3,(H,10,11). The molecule has 6 nitrogen and oxygen atoms in total. The number of hydrogen-bond donors (Lipinski definition) is 1. The van der Waals surface area contributed by atoms with Crippen LogP contribution in [-0.2, 0) is 6.54 Å². The molecule has 0 aliphatic carbocycles. The van der Waals surface area contributed by atoms with Crippen molar-refractivity contribution in [2.45, 2.75) is 6.54 Å². The van der Waals surface area contributed by atoms with Crippen molar-refractivity contribution in [3.8, 4) is 0 Å². The number of carboxylic acid groups (broad SMARTS) is 1. The first-order chi connectivity index (χ1) is 5.59. The third-order valence-corrected chi connectivity index (χ3v) is 1.11. The minimum absolute atomic E-state index is 0.299. The van der Waals surface area contributed by atoms with Crippen molar-refractivity contribution in [1.29, 1.82) is 0 Å². The number of rotatable bonds is 3. The molecule has 1 aromatic heterocycles. The molecule has 1 aromatic rings. The van der Waals surface area contributed by atoms with E-state index in [1.807, 2.05) is 14.1 Å². The van der Waals surface area contributed by atoms with E-state index in [0.29, 0.717) is 12.4 Å². The van der Waals surface area contributed by atoms with Gasteiger partial charge in [-0.05, 0) is 19.3 Å². The van der Waals surface area contributed by atoms with Crippen molar-refractivity contribution in [3.63, 3.8) is 0 Å². The molecule has 0 amide bonds. The number of carbonyl (C=O) groups is 1. The molecule has 0 aliphatic rings. The highest BCUT2D eigenvalue weighted by molar-refractivity contribution is 5.82. The summed E-state index contributed by atoms with van der Waals surface area (Å²) in [6, 6.07) is 0. The summed E-state index contributed by atoms with van der Waals surface area (Å²) in [5.74, 6) is -1.17. The number of carboxylic acids is 1. The maximum atomic E-state index is 10.3. The molecule has 1 heterocycles. The molecular formula is C6H9N3O3. The summed E-state index contributed by atoms with van der Waals surface area (Å²) in [4.78, 5) is 15.7.